The number of hydrogen-bond donors (Lipinski definition) is 1. The van der Waals surface area contributed by atoms with Crippen LogP contribution in [0.3, 0.4) is 0 Å². The van der Waals surface area contributed by atoms with E-state index in [1.165, 1.54) is 17.4 Å². The van der Waals surface area contributed by atoms with Gasteiger partial charge in [0.1, 0.15) is 11.5 Å². The molecule has 32 heavy (non-hydrogen) atoms. The highest BCUT2D eigenvalue weighted by Crippen LogP contribution is 2.34. The average molecular weight is 450 g/mol. The van der Waals surface area contributed by atoms with Gasteiger partial charge in [-0.05, 0) is 55.6 Å². The summed E-state index contributed by atoms with van der Waals surface area (Å²) in [5.74, 6) is -1.34. The Kier molecular flexibility index (Phi) is 6.37. The molecule has 7 heteroatoms. The lowest BCUT2D eigenvalue weighted by atomic mass is 10.1. The number of rotatable bonds is 8. The zero-order chi connectivity index (χ0) is 22.7. The van der Waals surface area contributed by atoms with Crippen molar-refractivity contribution in [2.75, 3.05) is 23.3 Å². The number of thiophene rings is 1. The van der Waals surface area contributed by atoms with Gasteiger partial charge < -0.3 is 10.2 Å². The molecule has 1 aromatic heterocycles. The minimum atomic E-state index is -0.463. The minimum absolute atomic E-state index is 0.120. The number of benzene rings is 2. The summed E-state index contributed by atoms with van der Waals surface area (Å²) in [7, 11) is 0. The van der Waals surface area contributed by atoms with Crippen LogP contribution in [0.25, 0.3) is 5.57 Å². The first kappa shape index (κ1) is 21.8. The van der Waals surface area contributed by atoms with Crippen LogP contribution < -0.4 is 10.2 Å². The lowest BCUT2D eigenvalue weighted by Gasteiger charge is -2.21. The molecule has 0 atom stereocenters. The van der Waals surface area contributed by atoms with Crippen LogP contribution in [0.4, 0.5) is 15.8 Å². The van der Waals surface area contributed by atoms with Crippen molar-refractivity contribution in [2.24, 2.45) is 0 Å². The van der Waals surface area contributed by atoms with Gasteiger partial charge in [-0.15, -0.1) is 11.3 Å². The second-order valence-corrected chi connectivity index (χ2v) is 8.31. The smallest absolute Gasteiger partial charge is 0.278 e. The van der Waals surface area contributed by atoms with Gasteiger partial charge in [-0.1, -0.05) is 24.3 Å². The number of amides is 2. The molecule has 1 N–H and O–H groups in total. The summed E-state index contributed by atoms with van der Waals surface area (Å²) in [6.07, 6.45) is 0. The van der Waals surface area contributed by atoms with Gasteiger partial charge in [0.05, 0.1) is 12.1 Å². The molecule has 2 heterocycles. The highest BCUT2D eigenvalue weighted by Gasteiger charge is 2.40. The summed E-state index contributed by atoms with van der Waals surface area (Å²) < 4.78 is 14.2. The van der Waals surface area contributed by atoms with E-state index >= 15 is 0 Å². The molecule has 1 aliphatic heterocycles. The molecule has 2 aromatic carbocycles. The maximum atomic E-state index is 14.2. The fourth-order valence-corrected chi connectivity index (χ4v) is 4.54. The summed E-state index contributed by atoms with van der Waals surface area (Å²) >= 11 is 1.39. The van der Waals surface area contributed by atoms with Gasteiger partial charge >= 0.3 is 0 Å². The number of hydrogen-bond acceptors (Lipinski definition) is 5. The van der Waals surface area contributed by atoms with Crippen LogP contribution in [-0.2, 0) is 16.1 Å². The van der Waals surface area contributed by atoms with Crippen molar-refractivity contribution in [3.8, 4) is 0 Å². The average Bonchev–Trinajstić information content (AvgIpc) is 3.40. The number of halogens is 1. The van der Waals surface area contributed by atoms with Crippen LogP contribution in [0.15, 0.2) is 71.7 Å². The Morgan fingerprint density at radius 1 is 0.938 bits per heavy atom. The van der Waals surface area contributed by atoms with Crippen molar-refractivity contribution in [1.29, 1.82) is 0 Å². The van der Waals surface area contributed by atoms with E-state index in [4.69, 9.17) is 0 Å². The molecule has 164 valence electrons. The fourth-order valence-electron chi connectivity index (χ4n) is 3.77. The second-order valence-electron chi connectivity index (χ2n) is 7.36. The molecule has 3 aromatic rings. The van der Waals surface area contributed by atoms with E-state index in [0.29, 0.717) is 21.7 Å². The fraction of sp³-hybridized carbons (Fsp3) is 0.200. The molecule has 0 radical (unpaired) electrons. The minimum Gasteiger partial charge on any atom is -0.372 e. The van der Waals surface area contributed by atoms with Gasteiger partial charge in [-0.2, -0.15) is 0 Å². The van der Waals surface area contributed by atoms with Crippen LogP contribution in [0, 0.1) is 5.82 Å². The van der Waals surface area contributed by atoms with E-state index in [0.717, 1.165) is 23.7 Å². The SMILES string of the molecule is CCN(CC)c1ccc(NC2=C(c3cccs3)C(=O)N(Cc3ccccc3F)C2=O)cc1. The summed E-state index contributed by atoms with van der Waals surface area (Å²) in [6, 6.07) is 17.6. The van der Waals surface area contributed by atoms with E-state index < -0.39 is 17.6 Å². The first-order chi connectivity index (χ1) is 15.5. The number of nitrogens with zero attached hydrogens (tertiary/aromatic N) is 2. The van der Waals surface area contributed by atoms with Crippen LogP contribution in [0.1, 0.15) is 24.3 Å². The van der Waals surface area contributed by atoms with Crippen LogP contribution >= 0.6 is 11.3 Å². The summed E-state index contributed by atoms with van der Waals surface area (Å²) in [4.78, 5) is 30.5. The quantitative estimate of drug-likeness (QED) is 0.485. The largest absolute Gasteiger partial charge is 0.372 e. The van der Waals surface area contributed by atoms with E-state index in [1.54, 1.807) is 18.2 Å². The first-order valence-corrected chi connectivity index (χ1v) is 11.4. The number of carbonyl (C=O) groups is 2. The molecule has 0 bridgehead atoms. The van der Waals surface area contributed by atoms with Crippen LogP contribution in [0.2, 0.25) is 0 Å². The van der Waals surface area contributed by atoms with Crippen molar-refractivity contribution in [1.82, 2.24) is 4.90 Å². The summed E-state index contributed by atoms with van der Waals surface area (Å²) in [5, 5.41) is 5.01. The lowest BCUT2D eigenvalue weighted by Crippen LogP contribution is -2.32. The number of carbonyl (C=O) groups excluding carboxylic acids is 2. The third kappa shape index (κ3) is 4.16. The Bertz CT molecular complexity index is 1150. The van der Waals surface area contributed by atoms with Crippen molar-refractivity contribution in [2.45, 2.75) is 20.4 Å². The maximum absolute atomic E-state index is 14.2. The Labute approximate surface area is 190 Å². The molecule has 0 fully saturated rings. The Balaban J connectivity index is 1.65. The third-order valence-electron chi connectivity index (χ3n) is 5.49. The maximum Gasteiger partial charge on any atom is 0.278 e. The predicted octanol–water partition coefficient (Wildman–Crippen LogP) is 5.13. The highest BCUT2D eigenvalue weighted by atomic mass is 32.1. The third-order valence-corrected chi connectivity index (χ3v) is 6.37. The molecule has 0 saturated heterocycles. The van der Waals surface area contributed by atoms with Gasteiger partial charge in [0.25, 0.3) is 11.8 Å². The van der Waals surface area contributed by atoms with E-state index in [-0.39, 0.29) is 12.2 Å². The molecule has 1 aliphatic rings. The van der Waals surface area contributed by atoms with Gasteiger partial charge in [0, 0.05) is 34.9 Å². The Morgan fingerprint density at radius 3 is 2.28 bits per heavy atom. The van der Waals surface area contributed by atoms with Gasteiger partial charge in [-0.3, -0.25) is 14.5 Å². The zero-order valence-corrected chi connectivity index (χ0v) is 18.8. The molecular weight excluding hydrogens is 425 g/mol. The highest BCUT2D eigenvalue weighted by molar-refractivity contribution is 7.11. The molecule has 0 unspecified atom stereocenters. The number of imide groups is 1. The summed E-state index contributed by atoms with van der Waals surface area (Å²) in [5.41, 5.74) is 2.62. The lowest BCUT2D eigenvalue weighted by molar-refractivity contribution is -0.137. The van der Waals surface area contributed by atoms with Crippen LogP contribution in [-0.4, -0.2) is 29.8 Å². The van der Waals surface area contributed by atoms with Crippen molar-refractivity contribution in [3.63, 3.8) is 0 Å². The molecule has 0 spiro atoms. The molecule has 0 saturated carbocycles. The predicted molar refractivity (Wildman–Crippen MR) is 127 cm³/mol. The summed E-state index contributed by atoms with van der Waals surface area (Å²) in [6.45, 7) is 5.87. The monoisotopic (exact) mass is 449 g/mol. The van der Waals surface area contributed by atoms with Gasteiger partial charge in [0.2, 0.25) is 0 Å². The van der Waals surface area contributed by atoms with E-state index in [9.17, 15) is 14.0 Å². The first-order valence-electron chi connectivity index (χ1n) is 10.5. The van der Waals surface area contributed by atoms with Gasteiger partial charge in [0.15, 0.2) is 0 Å². The zero-order valence-electron chi connectivity index (χ0n) is 18.0. The molecule has 5 nitrogen and oxygen atoms in total. The van der Waals surface area contributed by atoms with Crippen molar-refractivity contribution < 1.29 is 14.0 Å². The van der Waals surface area contributed by atoms with Gasteiger partial charge in [-0.25, -0.2) is 4.39 Å². The number of anilines is 2. The van der Waals surface area contributed by atoms with E-state index in [2.05, 4.69) is 24.1 Å². The second kappa shape index (κ2) is 9.36. The van der Waals surface area contributed by atoms with Crippen LogP contribution in [0.5, 0.6) is 0 Å². The molecular formula is C25H24FN3O2S. The molecule has 4 rings (SSSR count). The Hall–Kier alpha value is -3.45. The Morgan fingerprint density at radius 2 is 1.66 bits per heavy atom. The van der Waals surface area contributed by atoms with Crippen molar-refractivity contribution >= 4 is 40.1 Å². The van der Waals surface area contributed by atoms with Crippen molar-refractivity contribution in [3.05, 3.63) is 88.0 Å². The number of nitrogens with one attached hydrogen (secondary N) is 1. The molecule has 0 aliphatic carbocycles. The topological polar surface area (TPSA) is 52.7 Å². The normalized spacial score (nSPS) is 13.8. The molecule has 2 amide bonds. The standard InChI is InChI=1S/C25H24FN3O2S/c1-3-28(4-2)19-13-11-18(12-14-19)27-23-22(21-10-7-15-32-21)24(30)29(25(23)31)16-17-8-5-6-9-20(17)26/h5-15,27H,3-4,16H2,1-2H3. The van der Waals surface area contributed by atoms with E-state index in [1.807, 2.05) is 41.8 Å².